The van der Waals surface area contributed by atoms with Gasteiger partial charge < -0.3 is 24.0 Å². The number of halogens is 1. The Morgan fingerprint density at radius 2 is 1.71 bits per heavy atom. The van der Waals surface area contributed by atoms with Gasteiger partial charge in [0, 0.05) is 0 Å². The summed E-state index contributed by atoms with van der Waals surface area (Å²) < 4.78 is 4.03. The molecule has 0 saturated heterocycles. The first-order valence-corrected chi connectivity index (χ1v) is 6.72. The molecule has 0 amide bonds. The number of aromatic nitrogens is 2. The molecule has 0 aliphatic heterocycles. The summed E-state index contributed by atoms with van der Waals surface area (Å²) >= 11 is 0. The maximum Gasteiger partial charge on any atom is 0.270 e. The van der Waals surface area contributed by atoms with E-state index in [4.69, 9.17) is 0 Å². The number of rotatable bonds is 2. The highest BCUT2D eigenvalue weighted by molar-refractivity contribution is 5.80. The van der Waals surface area contributed by atoms with E-state index in [-0.39, 0.29) is 24.0 Å². The van der Waals surface area contributed by atoms with E-state index in [2.05, 4.69) is 35.6 Å². The van der Waals surface area contributed by atoms with Crippen molar-refractivity contribution < 1.29 is 28.5 Å². The third kappa shape index (κ3) is 3.15. The van der Waals surface area contributed by atoms with Crippen molar-refractivity contribution >= 4 is 17.2 Å². The Bertz CT molecular complexity index is 789. The molecule has 0 saturated carbocycles. The van der Waals surface area contributed by atoms with Crippen LogP contribution in [0.5, 0.6) is 0 Å². The predicted octanol–water partition coefficient (Wildman–Crippen LogP) is -0.0312. The minimum Gasteiger partial charge on any atom is -1.00 e. The Morgan fingerprint density at radius 1 is 1.05 bits per heavy atom. The highest BCUT2D eigenvalue weighted by Crippen LogP contribution is 2.17. The molecule has 21 heavy (non-hydrogen) atoms. The van der Waals surface area contributed by atoms with Crippen molar-refractivity contribution in [2.24, 2.45) is 12.1 Å². The van der Waals surface area contributed by atoms with Gasteiger partial charge in [-0.25, -0.2) is 4.57 Å². The third-order valence-electron chi connectivity index (χ3n) is 3.63. The lowest BCUT2D eigenvalue weighted by Crippen LogP contribution is -3.00. The largest absolute Gasteiger partial charge is 1.00 e. The highest BCUT2D eigenvalue weighted by atomic mass is 127. The second kappa shape index (κ2) is 6.39. The zero-order valence-corrected chi connectivity index (χ0v) is 14.6. The van der Waals surface area contributed by atoms with Gasteiger partial charge in [0.2, 0.25) is 5.52 Å². The summed E-state index contributed by atoms with van der Waals surface area (Å²) in [5.41, 5.74) is 6.01. The number of imidazole rings is 1. The average Bonchev–Trinajstić information content (AvgIpc) is 2.75. The molecule has 0 fully saturated rings. The fourth-order valence-electron chi connectivity index (χ4n) is 2.30. The van der Waals surface area contributed by atoms with Crippen LogP contribution in [0.1, 0.15) is 16.7 Å². The van der Waals surface area contributed by atoms with Crippen molar-refractivity contribution in [3.8, 4) is 0 Å². The first kappa shape index (κ1) is 15.7. The smallest absolute Gasteiger partial charge is 0.270 e. The summed E-state index contributed by atoms with van der Waals surface area (Å²) in [5, 5.41) is 4.57. The molecular formula is C17H18IN3. The molecule has 0 aliphatic rings. The van der Waals surface area contributed by atoms with Crippen LogP contribution in [-0.2, 0) is 7.05 Å². The molecule has 3 rings (SSSR count). The molecule has 3 nitrogen and oxygen atoms in total. The first-order chi connectivity index (χ1) is 9.65. The summed E-state index contributed by atoms with van der Waals surface area (Å²) in [7, 11) is 2.05. The van der Waals surface area contributed by atoms with Crippen LogP contribution in [0.3, 0.4) is 0 Å². The standard InChI is InChI=1S/C17H18N3.HI/c1-13-9-16-17(10-14(13)2)20(12-19(16)3)18-11-15-7-5-4-6-8-15;/h4-12H,1-3H3;1H/q+1;/p-1. The predicted molar refractivity (Wildman–Crippen MR) is 82.0 cm³/mol. The minimum atomic E-state index is 0. The van der Waals surface area contributed by atoms with Crippen molar-refractivity contribution in [2.75, 3.05) is 0 Å². The number of hydrogen-bond donors (Lipinski definition) is 0. The third-order valence-corrected chi connectivity index (χ3v) is 3.63. The van der Waals surface area contributed by atoms with Crippen molar-refractivity contribution in [3.05, 3.63) is 65.5 Å². The lowest BCUT2D eigenvalue weighted by molar-refractivity contribution is -0.645. The van der Waals surface area contributed by atoms with Gasteiger partial charge in [0.1, 0.15) is 0 Å². The van der Waals surface area contributed by atoms with Gasteiger partial charge in [-0.1, -0.05) is 40.1 Å². The fraction of sp³-hybridized carbons (Fsp3) is 0.176. The van der Waals surface area contributed by atoms with E-state index < -0.39 is 0 Å². The number of nitrogens with zero attached hydrogens (tertiary/aromatic N) is 3. The Kier molecular flexibility index (Phi) is 4.77. The van der Waals surface area contributed by atoms with Gasteiger partial charge in [-0.2, -0.15) is 0 Å². The lowest BCUT2D eigenvalue weighted by Gasteiger charge is -1.97. The van der Waals surface area contributed by atoms with Gasteiger partial charge in [-0.15, -0.1) is 0 Å². The zero-order valence-electron chi connectivity index (χ0n) is 12.4. The summed E-state index contributed by atoms with van der Waals surface area (Å²) in [4.78, 5) is 0. The van der Waals surface area contributed by atoms with Gasteiger partial charge >= 0.3 is 0 Å². The number of fused-ring (bicyclic) bond motifs is 1. The quantitative estimate of drug-likeness (QED) is 0.333. The van der Waals surface area contributed by atoms with E-state index in [0.717, 1.165) is 11.1 Å². The maximum absolute atomic E-state index is 4.57. The Hall–Kier alpha value is -1.69. The fourth-order valence-corrected chi connectivity index (χ4v) is 2.30. The van der Waals surface area contributed by atoms with Crippen LogP contribution in [0, 0.1) is 13.8 Å². The van der Waals surface area contributed by atoms with E-state index in [1.807, 2.05) is 54.6 Å². The average molecular weight is 391 g/mol. The number of hydrogen-bond acceptors (Lipinski definition) is 1. The van der Waals surface area contributed by atoms with E-state index in [1.54, 1.807) is 0 Å². The molecule has 1 aromatic heterocycles. The molecule has 0 atom stereocenters. The Morgan fingerprint density at radius 3 is 2.43 bits per heavy atom. The molecule has 0 bridgehead atoms. The lowest BCUT2D eigenvalue weighted by atomic mass is 10.1. The number of benzene rings is 2. The SMILES string of the molecule is Cc1cc2c(cc1C)[n+](C)cn2N=Cc1ccccc1.[I-]. The van der Waals surface area contributed by atoms with E-state index in [0.29, 0.717) is 0 Å². The van der Waals surface area contributed by atoms with Gasteiger partial charge in [0.25, 0.3) is 6.33 Å². The Labute approximate surface area is 141 Å². The minimum absolute atomic E-state index is 0. The molecule has 2 aromatic carbocycles. The van der Waals surface area contributed by atoms with E-state index in [9.17, 15) is 0 Å². The monoisotopic (exact) mass is 391 g/mol. The van der Waals surface area contributed by atoms with Gasteiger partial charge in [0.15, 0.2) is 5.52 Å². The molecule has 0 N–H and O–H groups in total. The summed E-state index contributed by atoms with van der Waals surface area (Å²) in [6, 6.07) is 14.5. The molecular weight excluding hydrogens is 373 g/mol. The molecule has 4 heteroatoms. The van der Waals surface area contributed by atoms with Crippen molar-refractivity contribution in [2.45, 2.75) is 13.8 Å². The second-order valence-corrected chi connectivity index (χ2v) is 5.15. The molecule has 0 spiro atoms. The van der Waals surface area contributed by atoms with Crippen LogP contribution in [-0.4, -0.2) is 10.9 Å². The van der Waals surface area contributed by atoms with Crippen molar-refractivity contribution in [3.63, 3.8) is 0 Å². The van der Waals surface area contributed by atoms with E-state index >= 15 is 0 Å². The molecule has 0 unspecified atom stereocenters. The van der Waals surface area contributed by atoms with E-state index in [1.165, 1.54) is 16.6 Å². The maximum atomic E-state index is 4.57. The molecule has 0 radical (unpaired) electrons. The second-order valence-electron chi connectivity index (χ2n) is 5.15. The van der Waals surface area contributed by atoms with Gasteiger partial charge in [0.05, 0.1) is 13.3 Å². The zero-order chi connectivity index (χ0) is 14.1. The van der Waals surface area contributed by atoms with Crippen LogP contribution in [0.4, 0.5) is 0 Å². The summed E-state index contributed by atoms with van der Waals surface area (Å²) in [6.07, 6.45) is 3.89. The van der Waals surface area contributed by atoms with Gasteiger partial charge in [-0.05, 0) is 42.7 Å². The summed E-state index contributed by atoms with van der Waals surface area (Å²) in [5.74, 6) is 0. The van der Waals surface area contributed by atoms with Crippen LogP contribution >= 0.6 is 0 Å². The van der Waals surface area contributed by atoms with Crippen LogP contribution < -0.4 is 28.5 Å². The molecule has 108 valence electrons. The van der Waals surface area contributed by atoms with Crippen LogP contribution in [0.25, 0.3) is 11.0 Å². The molecule has 1 heterocycles. The van der Waals surface area contributed by atoms with Gasteiger partial charge in [-0.3, -0.25) is 0 Å². The van der Waals surface area contributed by atoms with Crippen molar-refractivity contribution in [1.29, 1.82) is 0 Å². The number of aryl methyl sites for hydroxylation is 3. The Balaban J connectivity index is 0.00000161. The van der Waals surface area contributed by atoms with Crippen molar-refractivity contribution in [1.82, 2.24) is 4.68 Å². The molecule has 3 aromatic rings. The first-order valence-electron chi connectivity index (χ1n) is 6.72. The summed E-state index contributed by atoms with van der Waals surface area (Å²) in [6.45, 7) is 4.27. The van der Waals surface area contributed by atoms with Crippen LogP contribution in [0.2, 0.25) is 0 Å². The topological polar surface area (TPSA) is 21.2 Å². The molecule has 0 aliphatic carbocycles. The van der Waals surface area contributed by atoms with Crippen LogP contribution in [0.15, 0.2) is 53.9 Å². The normalized spacial score (nSPS) is 11.0. The highest BCUT2D eigenvalue weighted by Gasteiger charge is 2.13.